The Bertz CT molecular complexity index is 250. The third kappa shape index (κ3) is 4.29. The Balaban J connectivity index is 1.99. The Hall–Kier alpha value is -1.01. The van der Waals surface area contributed by atoms with Gasteiger partial charge in [0.25, 0.3) is 0 Å². The summed E-state index contributed by atoms with van der Waals surface area (Å²) in [6.07, 6.45) is 1.14. The number of tetrazole rings is 1. The van der Waals surface area contributed by atoms with Gasteiger partial charge in [0.05, 0.1) is 13.7 Å². The first-order chi connectivity index (χ1) is 6.83. The van der Waals surface area contributed by atoms with Crippen LogP contribution in [0.4, 0.5) is 0 Å². The molecule has 0 aliphatic heterocycles. The van der Waals surface area contributed by atoms with Crippen LogP contribution in [0.25, 0.3) is 0 Å². The first-order valence-electron chi connectivity index (χ1n) is 4.84. The highest BCUT2D eigenvalue weighted by molar-refractivity contribution is 4.71. The van der Waals surface area contributed by atoms with Gasteiger partial charge in [0.15, 0.2) is 5.82 Å². The summed E-state index contributed by atoms with van der Waals surface area (Å²) in [6, 6.07) is 0. The molecule has 0 bridgehead atoms. The van der Waals surface area contributed by atoms with Crippen molar-refractivity contribution in [3.05, 3.63) is 5.82 Å². The lowest BCUT2D eigenvalue weighted by molar-refractivity contribution is 0.117. The standard InChI is InChI=1S/C8H17N5O/c1-3-4-9-5-6-14-7-8-10-12-13(2)11-8/h9H,3-7H2,1-2H3. The minimum absolute atomic E-state index is 0.432. The minimum atomic E-state index is 0.432. The van der Waals surface area contributed by atoms with Crippen LogP contribution < -0.4 is 5.32 Å². The fourth-order valence-electron chi connectivity index (χ4n) is 0.991. The zero-order chi connectivity index (χ0) is 10.2. The largest absolute Gasteiger partial charge is 0.372 e. The van der Waals surface area contributed by atoms with Gasteiger partial charge in [0.2, 0.25) is 0 Å². The Kier molecular flexibility index (Phi) is 5.09. The molecule has 0 aliphatic rings. The molecule has 1 aromatic heterocycles. The van der Waals surface area contributed by atoms with Crippen LogP contribution in [-0.2, 0) is 18.4 Å². The summed E-state index contributed by atoms with van der Waals surface area (Å²) >= 11 is 0. The molecule has 0 fully saturated rings. The zero-order valence-electron chi connectivity index (χ0n) is 8.73. The number of aryl methyl sites for hydroxylation is 1. The highest BCUT2D eigenvalue weighted by atomic mass is 16.5. The van der Waals surface area contributed by atoms with Crippen LogP contribution >= 0.6 is 0 Å². The van der Waals surface area contributed by atoms with E-state index in [1.807, 2.05) is 0 Å². The maximum absolute atomic E-state index is 5.34. The fraction of sp³-hybridized carbons (Fsp3) is 0.875. The molecule has 0 spiro atoms. The fourth-order valence-corrected chi connectivity index (χ4v) is 0.991. The summed E-state index contributed by atoms with van der Waals surface area (Å²) in [5, 5.41) is 14.7. The van der Waals surface area contributed by atoms with Crippen LogP contribution in [0.5, 0.6) is 0 Å². The Labute approximate surface area is 83.6 Å². The highest BCUT2D eigenvalue weighted by Gasteiger charge is 1.98. The van der Waals surface area contributed by atoms with E-state index in [9.17, 15) is 0 Å². The predicted molar refractivity (Wildman–Crippen MR) is 51.6 cm³/mol. The highest BCUT2D eigenvalue weighted by Crippen LogP contribution is 1.88. The van der Waals surface area contributed by atoms with Crippen LogP contribution in [0.3, 0.4) is 0 Å². The molecular formula is C8H17N5O. The van der Waals surface area contributed by atoms with E-state index in [0.29, 0.717) is 19.0 Å². The molecule has 1 heterocycles. The number of nitrogens with zero attached hydrogens (tertiary/aromatic N) is 4. The molecule has 0 atom stereocenters. The van der Waals surface area contributed by atoms with Gasteiger partial charge in [-0.1, -0.05) is 6.92 Å². The van der Waals surface area contributed by atoms with Crippen molar-refractivity contribution in [2.45, 2.75) is 20.0 Å². The zero-order valence-corrected chi connectivity index (χ0v) is 8.73. The molecule has 0 amide bonds. The minimum Gasteiger partial charge on any atom is -0.372 e. The van der Waals surface area contributed by atoms with Gasteiger partial charge in [-0.15, -0.1) is 10.2 Å². The summed E-state index contributed by atoms with van der Waals surface area (Å²) in [5.74, 6) is 0.628. The molecule has 0 unspecified atom stereocenters. The van der Waals surface area contributed by atoms with Crippen molar-refractivity contribution >= 4 is 0 Å². The van der Waals surface area contributed by atoms with Crippen LogP contribution in [0, 0.1) is 0 Å². The van der Waals surface area contributed by atoms with Gasteiger partial charge in [-0.05, 0) is 18.2 Å². The summed E-state index contributed by atoms with van der Waals surface area (Å²) in [4.78, 5) is 1.42. The maximum Gasteiger partial charge on any atom is 0.200 e. The molecule has 0 saturated carbocycles. The van der Waals surface area contributed by atoms with E-state index in [1.165, 1.54) is 4.80 Å². The van der Waals surface area contributed by atoms with E-state index in [-0.39, 0.29) is 0 Å². The van der Waals surface area contributed by atoms with Crippen molar-refractivity contribution < 1.29 is 4.74 Å². The average Bonchev–Trinajstić information content (AvgIpc) is 2.58. The van der Waals surface area contributed by atoms with Crippen molar-refractivity contribution in [2.24, 2.45) is 7.05 Å². The number of nitrogens with one attached hydrogen (secondary N) is 1. The van der Waals surface area contributed by atoms with Crippen molar-refractivity contribution in [3.8, 4) is 0 Å². The van der Waals surface area contributed by atoms with E-state index in [4.69, 9.17) is 4.74 Å². The quantitative estimate of drug-likeness (QED) is 0.612. The summed E-state index contributed by atoms with van der Waals surface area (Å²) < 4.78 is 5.34. The van der Waals surface area contributed by atoms with Gasteiger partial charge in [0, 0.05) is 6.54 Å². The summed E-state index contributed by atoms with van der Waals surface area (Å²) in [6.45, 7) is 5.15. The Morgan fingerprint density at radius 1 is 1.43 bits per heavy atom. The topological polar surface area (TPSA) is 64.9 Å². The number of rotatable bonds is 7. The molecule has 6 nitrogen and oxygen atoms in total. The van der Waals surface area contributed by atoms with Crippen LogP contribution in [-0.4, -0.2) is 39.9 Å². The average molecular weight is 199 g/mol. The van der Waals surface area contributed by atoms with Gasteiger partial charge in [0.1, 0.15) is 6.61 Å². The lowest BCUT2D eigenvalue weighted by atomic mass is 10.5. The van der Waals surface area contributed by atoms with Crippen LogP contribution in [0.1, 0.15) is 19.2 Å². The van der Waals surface area contributed by atoms with E-state index in [1.54, 1.807) is 7.05 Å². The molecule has 14 heavy (non-hydrogen) atoms. The first kappa shape index (κ1) is 11.1. The second-order valence-electron chi connectivity index (χ2n) is 3.00. The number of ether oxygens (including phenoxy) is 1. The lowest BCUT2D eigenvalue weighted by Crippen LogP contribution is -2.20. The SMILES string of the molecule is CCCNCCOCc1nnn(C)n1. The molecule has 80 valence electrons. The van der Waals surface area contributed by atoms with Gasteiger partial charge >= 0.3 is 0 Å². The molecule has 6 heteroatoms. The van der Waals surface area contributed by atoms with Crippen LogP contribution in [0.15, 0.2) is 0 Å². The number of aromatic nitrogens is 4. The van der Waals surface area contributed by atoms with Crippen molar-refractivity contribution in [1.82, 2.24) is 25.5 Å². The summed E-state index contributed by atoms with van der Waals surface area (Å²) in [5.41, 5.74) is 0. The molecular weight excluding hydrogens is 182 g/mol. The first-order valence-corrected chi connectivity index (χ1v) is 4.84. The van der Waals surface area contributed by atoms with Gasteiger partial charge in [-0.25, -0.2) is 0 Å². The smallest absolute Gasteiger partial charge is 0.200 e. The van der Waals surface area contributed by atoms with E-state index >= 15 is 0 Å². The number of hydrogen-bond acceptors (Lipinski definition) is 5. The predicted octanol–water partition coefficient (Wildman–Crippen LogP) is -0.274. The second-order valence-corrected chi connectivity index (χ2v) is 3.00. The Morgan fingerprint density at radius 2 is 2.29 bits per heavy atom. The third-order valence-electron chi connectivity index (χ3n) is 1.63. The molecule has 1 aromatic rings. The van der Waals surface area contributed by atoms with Gasteiger partial charge in [-0.2, -0.15) is 4.80 Å². The normalized spacial score (nSPS) is 10.7. The monoisotopic (exact) mass is 199 g/mol. The molecule has 0 aliphatic carbocycles. The third-order valence-corrected chi connectivity index (χ3v) is 1.63. The molecule has 0 aromatic carbocycles. The van der Waals surface area contributed by atoms with Crippen LogP contribution in [0.2, 0.25) is 0 Å². The molecule has 0 saturated heterocycles. The van der Waals surface area contributed by atoms with Crippen molar-refractivity contribution in [2.75, 3.05) is 19.7 Å². The Morgan fingerprint density at radius 3 is 2.93 bits per heavy atom. The maximum atomic E-state index is 5.34. The second kappa shape index (κ2) is 6.44. The van der Waals surface area contributed by atoms with Crippen molar-refractivity contribution in [1.29, 1.82) is 0 Å². The molecule has 1 N–H and O–H groups in total. The van der Waals surface area contributed by atoms with E-state index < -0.39 is 0 Å². The van der Waals surface area contributed by atoms with Gasteiger partial charge < -0.3 is 10.1 Å². The summed E-state index contributed by atoms with van der Waals surface area (Å²) in [7, 11) is 1.74. The van der Waals surface area contributed by atoms with Crippen molar-refractivity contribution in [3.63, 3.8) is 0 Å². The van der Waals surface area contributed by atoms with E-state index in [0.717, 1.165) is 19.5 Å². The molecule has 1 rings (SSSR count). The van der Waals surface area contributed by atoms with E-state index in [2.05, 4.69) is 27.7 Å². The number of hydrogen-bond donors (Lipinski definition) is 1. The molecule has 0 radical (unpaired) electrons. The van der Waals surface area contributed by atoms with Gasteiger partial charge in [-0.3, -0.25) is 0 Å². The lowest BCUT2D eigenvalue weighted by Gasteiger charge is -2.02.